The average molecular weight is 356 g/mol. The number of rotatable bonds is 4. The summed E-state index contributed by atoms with van der Waals surface area (Å²) in [6.45, 7) is -0.684. The first-order valence-electron chi connectivity index (χ1n) is 6.86. The third kappa shape index (κ3) is 4.93. The minimum atomic E-state index is -4.48. The van der Waals surface area contributed by atoms with Gasteiger partial charge in [0.05, 0.1) is 11.1 Å². The molecule has 25 heavy (non-hydrogen) atoms. The van der Waals surface area contributed by atoms with E-state index < -0.39 is 36.0 Å². The highest BCUT2D eigenvalue weighted by atomic mass is 19.4. The molecule has 2 rings (SSSR count). The van der Waals surface area contributed by atoms with Gasteiger partial charge in [-0.2, -0.15) is 13.2 Å². The predicted molar refractivity (Wildman–Crippen MR) is 81.2 cm³/mol. The van der Waals surface area contributed by atoms with Gasteiger partial charge in [-0.05, 0) is 42.5 Å². The average Bonchev–Trinajstić information content (AvgIpc) is 2.52. The number of carbonyl (C=O) groups excluding carboxylic acids is 2. The highest BCUT2D eigenvalue weighted by Gasteiger charge is 2.30. The van der Waals surface area contributed by atoms with Gasteiger partial charge in [-0.15, -0.1) is 0 Å². The molecule has 0 atom stereocenters. The Kier molecular flexibility index (Phi) is 5.26. The predicted octanol–water partition coefficient (Wildman–Crippen LogP) is 3.22. The van der Waals surface area contributed by atoms with Crippen molar-refractivity contribution in [3.63, 3.8) is 0 Å². The Morgan fingerprint density at radius 2 is 1.72 bits per heavy atom. The molecule has 0 fully saturated rings. The van der Waals surface area contributed by atoms with E-state index in [0.717, 1.165) is 42.5 Å². The molecule has 0 bridgehead atoms. The second-order valence-electron chi connectivity index (χ2n) is 4.93. The van der Waals surface area contributed by atoms with Gasteiger partial charge in [-0.25, -0.2) is 9.18 Å². The van der Waals surface area contributed by atoms with Gasteiger partial charge in [0, 0.05) is 11.4 Å². The zero-order valence-electron chi connectivity index (χ0n) is 12.6. The summed E-state index contributed by atoms with van der Waals surface area (Å²) in [7, 11) is 0. The maximum Gasteiger partial charge on any atom is 0.416 e. The number of nitrogen functional groups attached to an aromatic ring is 1. The summed E-state index contributed by atoms with van der Waals surface area (Å²) in [6, 6.07) is 6.80. The second-order valence-corrected chi connectivity index (χ2v) is 4.93. The largest absolute Gasteiger partial charge is 0.452 e. The van der Waals surface area contributed by atoms with Crippen molar-refractivity contribution in [2.24, 2.45) is 0 Å². The molecule has 0 aliphatic heterocycles. The Labute approximate surface area is 139 Å². The van der Waals surface area contributed by atoms with E-state index >= 15 is 0 Å². The second kappa shape index (κ2) is 7.20. The Morgan fingerprint density at radius 3 is 2.28 bits per heavy atom. The van der Waals surface area contributed by atoms with E-state index in [2.05, 4.69) is 5.32 Å². The van der Waals surface area contributed by atoms with Crippen LogP contribution >= 0.6 is 0 Å². The minimum Gasteiger partial charge on any atom is -0.452 e. The van der Waals surface area contributed by atoms with Gasteiger partial charge in [-0.1, -0.05) is 0 Å². The van der Waals surface area contributed by atoms with E-state index in [0.29, 0.717) is 0 Å². The van der Waals surface area contributed by atoms with Crippen molar-refractivity contribution in [3.05, 3.63) is 59.4 Å². The van der Waals surface area contributed by atoms with Crippen LogP contribution in [-0.2, 0) is 15.7 Å². The fourth-order valence-corrected chi connectivity index (χ4v) is 1.87. The third-order valence-corrected chi connectivity index (χ3v) is 3.06. The Bertz CT molecular complexity index is 789. The first-order valence-corrected chi connectivity index (χ1v) is 6.86. The van der Waals surface area contributed by atoms with E-state index in [4.69, 9.17) is 10.5 Å². The quantitative estimate of drug-likeness (QED) is 0.501. The van der Waals surface area contributed by atoms with E-state index in [9.17, 15) is 27.2 Å². The summed E-state index contributed by atoms with van der Waals surface area (Å²) < 4.78 is 54.9. The summed E-state index contributed by atoms with van der Waals surface area (Å²) in [5.41, 5.74) is 4.46. The molecule has 0 saturated carbocycles. The SMILES string of the molecule is Nc1cc(F)ccc1C(=O)OCC(=O)Nc1ccc(C(F)(F)F)cc1. The molecular weight excluding hydrogens is 344 g/mol. The maximum absolute atomic E-state index is 12.9. The van der Waals surface area contributed by atoms with Crippen molar-refractivity contribution >= 4 is 23.3 Å². The van der Waals surface area contributed by atoms with Crippen molar-refractivity contribution in [1.29, 1.82) is 0 Å². The number of benzene rings is 2. The van der Waals surface area contributed by atoms with Gasteiger partial charge >= 0.3 is 12.1 Å². The zero-order valence-corrected chi connectivity index (χ0v) is 12.6. The van der Waals surface area contributed by atoms with Crippen LogP contribution in [0.4, 0.5) is 28.9 Å². The molecule has 0 aromatic heterocycles. The summed E-state index contributed by atoms with van der Waals surface area (Å²) >= 11 is 0. The fraction of sp³-hybridized carbons (Fsp3) is 0.125. The standard InChI is InChI=1S/C16H12F4N2O3/c17-10-3-6-12(13(21)7-10)15(24)25-8-14(23)22-11-4-1-9(2-5-11)16(18,19)20/h1-7H,8,21H2,(H,22,23). The number of nitrogens with two attached hydrogens (primary N) is 1. The van der Waals surface area contributed by atoms with E-state index in [-0.39, 0.29) is 16.9 Å². The summed E-state index contributed by atoms with van der Waals surface area (Å²) in [5.74, 6) is -2.32. The number of ether oxygens (including phenoxy) is 1. The van der Waals surface area contributed by atoms with Crippen molar-refractivity contribution in [3.8, 4) is 0 Å². The van der Waals surface area contributed by atoms with E-state index in [1.54, 1.807) is 0 Å². The third-order valence-electron chi connectivity index (χ3n) is 3.06. The van der Waals surface area contributed by atoms with Crippen LogP contribution in [0.1, 0.15) is 15.9 Å². The lowest BCUT2D eigenvalue weighted by Crippen LogP contribution is -2.21. The first kappa shape index (κ1) is 18.2. The molecule has 0 radical (unpaired) electrons. The summed E-state index contributed by atoms with van der Waals surface area (Å²) in [5, 5.41) is 2.28. The number of hydrogen-bond acceptors (Lipinski definition) is 4. The zero-order chi connectivity index (χ0) is 18.6. The number of amides is 1. The van der Waals surface area contributed by atoms with Crippen molar-refractivity contribution < 1.29 is 31.9 Å². The maximum atomic E-state index is 12.9. The van der Waals surface area contributed by atoms with Crippen molar-refractivity contribution in [1.82, 2.24) is 0 Å². The highest BCUT2D eigenvalue weighted by Crippen LogP contribution is 2.29. The lowest BCUT2D eigenvalue weighted by molar-refractivity contribution is -0.137. The lowest BCUT2D eigenvalue weighted by Gasteiger charge is -2.09. The number of esters is 1. The van der Waals surface area contributed by atoms with Gasteiger partial charge in [0.1, 0.15) is 5.82 Å². The molecule has 9 heteroatoms. The Morgan fingerprint density at radius 1 is 1.08 bits per heavy atom. The van der Waals surface area contributed by atoms with Gasteiger partial charge in [0.15, 0.2) is 6.61 Å². The fourth-order valence-electron chi connectivity index (χ4n) is 1.87. The summed E-state index contributed by atoms with van der Waals surface area (Å²) in [4.78, 5) is 23.4. The van der Waals surface area contributed by atoms with Gasteiger partial charge in [0.2, 0.25) is 0 Å². The number of nitrogens with one attached hydrogen (secondary N) is 1. The van der Waals surface area contributed by atoms with Crippen LogP contribution < -0.4 is 11.1 Å². The summed E-state index contributed by atoms with van der Waals surface area (Å²) in [6.07, 6.45) is -4.48. The molecule has 0 unspecified atom stereocenters. The molecule has 0 aliphatic rings. The van der Waals surface area contributed by atoms with E-state index in [1.807, 2.05) is 0 Å². The number of alkyl halides is 3. The van der Waals surface area contributed by atoms with Crippen molar-refractivity contribution in [2.75, 3.05) is 17.7 Å². The normalized spacial score (nSPS) is 11.0. The minimum absolute atomic E-state index is 0.107. The monoisotopic (exact) mass is 356 g/mol. The van der Waals surface area contributed by atoms with E-state index in [1.165, 1.54) is 0 Å². The lowest BCUT2D eigenvalue weighted by atomic mass is 10.2. The molecular formula is C16H12F4N2O3. The molecule has 132 valence electrons. The number of hydrogen-bond donors (Lipinski definition) is 2. The molecule has 2 aromatic carbocycles. The highest BCUT2D eigenvalue weighted by molar-refractivity contribution is 5.98. The van der Waals surface area contributed by atoms with Crippen LogP contribution in [-0.4, -0.2) is 18.5 Å². The van der Waals surface area contributed by atoms with Crippen LogP contribution in [0.15, 0.2) is 42.5 Å². The Hall–Kier alpha value is -3.10. The molecule has 5 nitrogen and oxygen atoms in total. The van der Waals surface area contributed by atoms with Crippen LogP contribution in [0.25, 0.3) is 0 Å². The molecule has 0 heterocycles. The molecule has 0 saturated heterocycles. The molecule has 1 amide bonds. The smallest absolute Gasteiger partial charge is 0.416 e. The molecule has 0 spiro atoms. The molecule has 0 aliphatic carbocycles. The van der Waals surface area contributed by atoms with Gasteiger partial charge in [0.25, 0.3) is 5.91 Å². The number of carbonyl (C=O) groups is 2. The topological polar surface area (TPSA) is 81.4 Å². The van der Waals surface area contributed by atoms with Gasteiger partial charge in [-0.3, -0.25) is 4.79 Å². The van der Waals surface area contributed by atoms with Gasteiger partial charge < -0.3 is 15.8 Å². The van der Waals surface area contributed by atoms with Crippen LogP contribution in [0, 0.1) is 5.82 Å². The molecule has 3 N–H and O–H groups in total. The van der Waals surface area contributed by atoms with Crippen LogP contribution in [0.5, 0.6) is 0 Å². The molecule has 2 aromatic rings. The number of anilines is 2. The van der Waals surface area contributed by atoms with Crippen molar-refractivity contribution in [2.45, 2.75) is 6.18 Å². The Balaban J connectivity index is 1.91. The van der Waals surface area contributed by atoms with Crippen LogP contribution in [0.2, 0.25) is 0 Å². The van der Waals surface area contributed by atoms with Crippen LogP contribution in [0.3, 0.4) is 0 Å². The first-order chi connectivity index (χ1) is 11.7. The number of halogens is 4.